The molecule has 2 rings (SSSR count). The second kappa shape index (κ2) is 13.7. The summed E-state index contributed by atoms with van der Waals surface area (Å²) in [6, 6.07) is 7.68. The Morgan fingerprint density at radius 3 is 2.33 bits per heavy atom. The zero-order chi connectivity index (χ0) is 21.7. The quantitative estimate of drug-likeness (QED) is 0.421. The first-order valence-electron chi connectivity index (χ1n) is 12.0. The molecular formula is C25H42N2O3. The number of unbranched alkanes of at least 4 members (excludes halogenated alkanes) is 2. The van der Waals surface area contributed by atoms with Crippen molar-refractivity contribution < 1.29 is 14.3 Å². The van der Waals surface area contributed by atoms with Crippen LogP contribution >= 0.6 is 0 Å². The predicted molar refractivity (Wildman–Crippen MR) is 124 cm³/mol. The first kappa shape index (κ1) is 24.7. The van der Waals surface area contributed by atoms with E-state index in [0.29, 0.717) is 13.2 Å². The van der Waals surface area contributed by atoms with Crippen molar-refractivity contribution in [2.75, 3.05) is 38.2 Å². The molecule has 30 heavy (non-hydrogen) atoms. The molecule has 170 valence electrons. The minimum atomic E-state index is -0.784. The molecule has 0 aromatic heterocycles. The lowest BCUT2D eigenvalue weighted by Crippen LogP contribution is -2.43. The Labute approximate surface area is 183 Å². The van der Waals surface area contributed by atoms with E-state index in [1.165, 1.54) is 38.8 Å². The highest BCUT2D eigenvalue weighted by molar-refractivity contribution is 5.97. The van der Waals surface area contributed by atoms with Gasteiger partial charge in [0.05, 0.1) is 0 Å². The Kier molecular flexibility index (Phi) is 11.2. The van der Waals surface area contributed by atoms with Gasteiger partial charge in [-0.25, -0.2) is 0 Å². The van der Waals surface area contributed by atoms with Gasteiger partial charge < -0.3 is 14.8 Å². The summed E-state index contributed by atoms with van der Waals surface area (Å²) in [5, 5.41) is 3.03. The van der Waals surface area contributed by atoms with Crippen molar-refractivity contribution in [3.8, 4) is 5.75 Å². The highest BCUT2D eigenvalue weighted by Crippen LogP contribution is 2.24. The maximum Gasteiger partial charge on any atom is 0.256 e. The van der Waals surface area contributed by atoms with Gasteiger partial charge in [-0.2, -0.15) is 0 Å². The Balaban J connectivity index is 1.82. The summed E-state index contributed by atoms with van der Waals surface area (Å²) >= 11 is 0. The number of rotatable bonds is 13. The van der Waals surface area contributed by atoms with Gasteiger partial charge in [-0.1, -0.05) is 46.0 Å². The van der Waals surface area contributed by atoms with Crippen molar-refractivity contribution in [2.24, 2.45) is 0 Å². The molecule has 1 aliphatic heterocycles. The number of ether oxygens (including phenoxy) is 2. The van der Waals surface area contributed by atoms with E-state index in [9.17, 15) is 4.79 Å². The molecule has 0 aliphatic carbocycles. The van der Waals surface area contributed by atoms with Crippen LogP contribution in [-0.2, 0) is 9.53 Å². The number of amides is 1. The zero-order valence-corrected chi connectivity index (χ0v) is 19.4. The summed E-state index contributed by atoms with van der Waals surface area (Å²) in [4.78, 5) is 15.4. The predicted octanol–water partition coefficient (Wildman–Crippen LogP) is 5.65. The minimum absolute atomic E-state index is 0.0677. The molecule has 0 spiro atoms. The Hall–Kier alpha value is -1.59. The second-order valence-electron chi connectivity index (χ2n) is 8.62. The van der Waals surface area contributed by atoms with Crippen molar-refractivity contribution >= 4 is 11.6 Å². The normalized spacial score (nSPS) is 17.2. The number of likely N-dealkylation sites (tertiary alicyclic amines) is 1. The van der Waals surface area contributed by atoms with Crippen LogP contribution in [0, 0.1) is 0 Å². The summed E-state index contributed by atoms with van der Waals surface area (Å²) in [5.74, 6) is 0.776. The summed E-state index contributed by atoms with van der Waals surface area (Å²) in [5.41, 5.74) is -0.00488. The number of anilines is 1. The number of nitrogens with one attached hydrogen (secondary N) is 1. The smallest absolute Gasteiger partial charge is 0.256 e. The van der Waals surface area contributed by atoms with Crippen LogP contribution in [0.2, 0.25) is 0 Å². The van der Waals surface area contributed by atoms with Crippen molar-refractivity contribution in [1.29, 1.82) is 0 Å². The van der Waals surface area contributed by atoms with Crippen LogP contribution < -0.4 is 10.1 Å². The van der Waals surface area contributed by atoms with Gasteiger partial charge in [0.1, 0.15) is 18.0 Å². The molecule has 0 radical (unpaired) electrons. The maximum atomic E-state index is 12.9. The molecule has 5 nitrogen and oxygen atoms in total. The van der Waals surface area contributed by atoms with Crippen molar-refractivity contribution in [3.63, 3.8) is 0 Å². The Bertz CT molecular complexity index is 597. The fourth-order valence-electron chi connectivity index (χ4n) is 3.84. The van der Waals surface area contributed by atoms with Gasteiger partial charge in [-0.15, -0.1) is 0 Å². The first-order chi connectivity index (χ1) is 14.6. The lowest BCUT2D eigenvalue weighted by atomic mass is 9.96. The van der Waals surface area contributed by atoms with Gasteiger partial charge in [0.15, 0.2) is 0 Å². The standard InChI is InChI=1S/C25H42N2O3/c1-4-6-9-16-25(3,30-20-5-2)24(28)26-22-12-14-23(15-13-22)29-21-19-27-17-10-7-8-11-18-27/h12-15H,4-11,16-21H2,1-3H3,(H,26,28)/t25-/m0/s1. The number of hydrogen-bond donors (Lipinski definition) is 1. The van der Waals surface area contributed by atoms with Gasteiger partial charge in [-0.05, 0) is 70.0 Å². The van der Waals surface area contributed by atoms with E-state index in [0.717, 1.165) is 50.1 Å². The van der Waals surface area contributed by atoms with Gasteiger partial charge in [0.25, 0.3) is 5.91 Å². The van der Waals surface area contributed by atoms with E-state index in [4.69, 9.17) is 9.47 Å². The Morgan fingerprint density at radius 1 is 1.00 bits per heavy atom. The molecule has 0 bridgehead atoms. The number of carbonyl (C=O) groups excluding carboxylic acids is 1. The molecular weight excluding hydrogens is 376 g/mol. The average molecular weight is 419 g/mol. The number of hydrogen-bond acceptors (Lipinski definition) is 4. The monoisotopic (exact) mass is 418 g/mol. The van der Waals surface area contributed by atoms with Gasteiger partial charge in [-0.3, -0.25) is 9.69 Å². The van der Waals surface area contributed by atoms with E-state index >= 15 is 0 Å². The van der Waals surface area contributed by atoms with E-state index in [1.54, 1.807) is 0 Å². The largest absolute Gasteiger partial charge is 0.492 e. The fourth-order valence-corrected chi connectivity index (χ4v) is 3.84. The topological polar surface area (TPSA) is 50.8 Å². The zero-order valence-electron chi connectivity index (χ0n) is 19.4. The highest BCUT2D eigenvalue weighted by atomic mass is 16.5. The van der Waals surface area contributed by atoms with Gasteiger partial charge >= 0.3 is 0 Å². The third-order valence-corrected chi connectivity index (χ3v) is 5.85. The molecule has 1 aliphatic rings. The molecule has 1 saturated heterocycles. The molecule has 1 N–H and O–H groups in total. The van der Waals surface area contributed by atoms with E-state index < -0.39 is 5.60 Å². The summed E-state index contributed by atoms with van der Waals surface area (Å²) in [7, 11) is 0. The Morgan fingerprint density at radius 2 is 1.70 bits per heavy atom. The van der Waals surface area contributed by atoms with Crippen LogP contribution in [0.25, 0.3) is 0 Å². The number of benzene rings is 1. The minimum Gasteiger partial charge on any atom is -0.492 e. The van der Waals surface area contributed by atoms with Crippen LogP contribution in [0.5, 0.6) is 5.75 Å². The third-order valence-electron chi connectivity index (χ3n) is 5.85. The van der Waals surface area contributed by atoms with Gasteiger partial charge in [0.2, 0.25) is 0 Å². The van der Waals surface area contributed by atoms with E-state index in [2.05, 4.69) is 24.1 Å². The molecule has 1 heterocycles. The third kappa shape index (κ3) is 8.65. The second-order valence-corrected chi connectivity index (χ2v) is 8.62. The SMILES string of the molecule is CCCCC[C@](C)(OCCC)C(=O)Nc1ccc(OCCN2CCCCCC2)cc1. The van der Waals surface area contributed by atoms with Crippen molar-refractivity contribution in [1.82, 2.24) is 4.90 Å². The van der Waals surface area contributed by atoms with E-state index in [1.807, 2.05) is 31.2 Å². The number of carbonyl (C=O) groups is 1. The van der Waals surface area contributed by atoms with Crippen molar-refractivity contribution in [2.45, 2.75) is 84.2 Å². The molecule has 1 aromatic carbocycles. The van der Waals surface area contributed by atoms with Crippen LogP contribution in [0.3, 0.4) is 0 Å². The summed E-state index contributed by atoms with van der Waals surface area (Å²) in [6.45, 7) is 10.8. The fraction of sp³-hybridized carbons (Fsp3) is 0.720. The molecule has 1 fully saturated rings. The first-order valence-corrected chi connectivity index (χ1v) is 12.0. The highest BCUT2D eigenvalue weighted by Gasteiger charge is 2.33. The maximum absolute atomic E-state index is 12.9. The summed E-state index contributed by atoms with van der Waals surface area (Å²) < 4.78 is 11.9. The lowest BCUT2D eigenvalue weighted by Gasteiger charge is -2.28. The molecule has 5 heteroatoms. The van der Waals surface area contributed by atoms with Crippen molar-refractivity contribution in [3.05, 3.63) is 24.3 Å². The molecule has 1 amide bonds. The number of nitrogens with zero attached hydrogens (tertiary/aromatic N) is 1. The van der Waals surface area contributed by atoms with Crippen LogP contribution in [-0.4, -0.2) is 49.3 Å². The lowest BCUT2D eigenvalue weighted by molar-refractivity contribution is -0.140. The van der Waals surface area contributed by atoms with Crippen LogP contribution in [0.1, 0.15) is 78.6 Å². The van der Waals surface area contributed by atoms with Crippen LogP contribution in [0.4, 0.5) is 5.69 Å². The molecule has 0 saturated carbocycles. The molecule has 1 aromatic rings. The average Bonchev–Trinajstić information content (AvgIpc) is 3.02. The molecule has 0 unspecified atom stereocenters. The van der Waals surface area contributed by atoms with E-state index in [-0.39, 0.29) is 5.91 Å². The summed E-state index contributed by atoms with van der Waals surface area (Å²) in [6.07, 6.45) is 10.2. The van der Waals surface area contributed by atoms with Gasteiger partial charge in [0, 0.05) is 18.8 Å². The van der Waals surface area contributed by atoms with Crippen LogP contribution in [0.15, 0.2) is 24.3 Å². The molecule has 1 atom stereocenters.